The zero-order valence-electron chi connectivity index (χ0n) is 14.5. The van der Waals surface area contributed by atoms with Gasteiger partial charge in [0.15, 0.2) is 0 Å². The number of unbranched alkanes of at least 4 members (excludes halogenated alkanes) is 6. The minimum atomic E-state index is 1.19. The van der Waals surface area contributed by atoms with E-state index in [1.54, 1.807) is 0 Å². The Morgan fingerprint density at radius 2 is 1.45 bits per heavy atom. The van der Waals surface area contributed by atoms with Crippen LogP contribution in [0.25, 0.3) is 10.8 Å². The predicted molar refractivity (Wildman–Crippen MR) is 98.5 cm³/mol. The van der Waals surface area contributed by atoms with E-state index in [0.717, 1.165) is 0 Å². The van der Waals surface area contributed by atoms with E-state index in [9.17, 15) is 0 Å². The zero-order chi connectivity index (χ0) is 15.6. The molecule has 0 aliphatic carbocycles. The van der Waals surface area contributed by atoms with E-state index in [0.29, 0.717) is 0 Å². The molecular weight excluding hydrogens is 264 g/mol. The van der Waals surface area contributed by atoms with Gasteiger partial charge in [-0.25, -0.2) is 0 Å². The molecule has 0 bridgehead atoms. The second-order valence-electron chi connectivity index (χ2n) is 6.49. The van der Waals surface area contributed by atoms with Crippen molar-refractivity contribution in [2.45, 2.75) is 78.1 Å². The van der Waals surface area contributed by atoms with Crippen molar-refractivity contribution < 1.29 is 0 Å². The third-order valence-electron chi connectivity index (χ3n) is 4.52. The van der Waals surface area contributed by atoms with Crippen molar-refractivity contribution in [3.63, 3.8) is 0 Å². The molecule has 0 fully saturated rings. The van der Waals surface area contributed by atoms with Crippen molar-refractivity contribution in [2.24, 2.45) is 0 Å². The van der Waals surface area contributed by atoms with Gasteiger partial charge in [-0.15, -0.1) is 0 Å². The molecule has 0 atom stereocenters. The molecule has 2 aromatic carbocycles. The Morgan fingerprint density at radius 1 is 0.773 bits per heavy atom. The van der Waals surface area contributed by atoms with E-state index in [2.05, 4.69) is 50.2 Å². The van der Waals surface area contributed by atoms with Crippen LogP contribution in [0.4, 0.5) is 0 Å². The summed E-state index contributed by atoms with van der Waals surface area (Å²) in [7, 11) is 0. The van der Waals surface area contributed by atoms with Gasteiger partial charge in [-0.05, 0) is 53.6 Å². The summed E-state index contributed by atoms with van der Waals surface area (Å²) >= 11 is 0. The molecule has 0 heteroatoms. The van der Waals surface area contributed by atoms with E-state index in [4.69, 9.17) is 0 Å². The smallest absolute Gasteiger partial charge is 0.00641 e. The Kier molecular flexibility index (Phi) is 7.49. The summed E-state index contributed by atoms with van der Waals surface area (Å²) in [5.74, 6) is 0. The van der Waals surface area contributed by atoms with Gasteiger partial charge in [0.25, 0.3) is 0 Å². The van der Waals surface area contributed by atoms with Crippen molar-refractivity contribution >= 4 is 10.8 Å². The molecule has 0 spiro atoms. The van der Waals surface area contributed by atoms with Crippen molar-refractivity contribution in [3.05, 3.63) is 47.5 Å². The lowest BCUT2D eigenvalue weighted by atomic mass is 9.94. The molecule has 0 aromatic heterocycles. The number of aryl methyl sites for hydroxylation is 2. The third-order valence-corrected chi connectivity index (χ3v) is 4.52. The first-order valence-corrected chi connectivity index (χ1v) is 9.28. The van der Waals surface area contributed by atoms with Crippen LogP contribution in [0.2, 0.25) is 0 Å². The Labute approximate surface area is 136 Å². The van der Waals surface area contributed by atoms with Crippen molar-refractivity contribution in [2.75, 3.05) is 0 Å². The van der Waals surface area contributed by atoms with Gasteiger partial charge in [0, 0.05) is 0 Å². The standard InChI is InChI=1S/C22H31/c1-3-5-7-9-13-19-17-20(14-10-8-6-4-2)22-16-12-11-15-21(22)18-19/h11-12,15-17H,3-10,13-14H2,1-2H3. The molecule has 2 aromatic rings. The minimum absolute atomic E-state index is 1.19. The monoisotopic (exact) mass is 295 g/mol. The highest BCUT2D eigenvalue weighted by atomic mass is 14.1. The highest BCUT2D eigenvalue weighted by molar-refractivity contribution is 5.85. The Bertz CT molecular complexity index is 553. The second kappa shape index (κ2) is 9.66. The lowest BCUT2D eigenvalue weighted by Crippen LogP contribution is -1.94. The van der Waals surface area contributed by atoms with Gasteiger partial charge >= 0.3 is 0 Å². The van der Waals surface area contributed by atoms with E-state index in [1.165, 1.54) is 86.1 Å². The number of hydrogen-bond donors (Lipinski definition) is 0. The molecule has 0 N–H and O–H groups in total. The van der Waals surface area contributed by atoms with Crippen LogP contribution in [0.1, 0.15) is 76.3 Å². The highest BCUT2D eigenvalue weighted by Crippen LogP contribution is 2.23. The Hall–Kier alpha value is -1.30. The lowest BCUT2D eigenvalue weighted by molar-refractivity contribution is 0.662. The average molecular weight is 295 g/mol. The zero-order valence-corrected chi connectivity index (χ0v) is 14.5. The van der Waals surface area contributed by atoms with Gasteiger partial charge in [0.05, 0.1) is 0 Å². The number of rotatable bonds is 10. The minimum Gasteiger partial charge on any atom is -0.0654 e. The fraction of sp³-hybridized carbons (Fsp3) is 0.545. The van der Waals surface area contributed by atoms with Crippen molar-refractivity contribution in [1.29, 1.82) is 0 Å². The first-order valence-electron chi connectivity index (χ1n) is 9.28. The summed E-state index contributed by atoms with van der Waals surface area (Å²) in [5.41, 5.74) is 2.95. The summed E-state index contributed by atoms with van der Waals surface area (Å²) in [6.07, 6.45) is 13.1. The maximum atomic E-state index is 3.65. The summed E-state index contributed by atoms with van der Waals surface area (Å²) in [6, 6.07) is 14.9. The molecule has 0 nitrogen and oxygen atoms in total. The molecule has 0 heterocycles. The van der Waals surface area contributed by atoms with Crippen LogP contribution in [0.3, 0.4) is 0 Å². The van der Waals surface area contributed by atoms with E-state index < -0.39 is 0 Å². The molecule has 1 radical (unpaired) electrons. The van der Waals surface area contributed by atoms with Gasteiger partial charge in [0.1, 0.15) is 0 Å². The van der Waals surface area contributed by atoms with E-state index in [1.807, 2.05) is 0 Å². The SMILES string of the molecule is CCCCCCc1[c]c2ccccc2c(CCCCCC)c1. The molecule has 2 rings (SSSR count). The van der Waals surface area contributed by atoms with Gasteiger partial charge in [0.2, 0.25) is 0 Å². The number of benzene rings is 2. The molecule has 0 aliphatic heterocycles. The number of fused-ring (bicyclic) bond motifs is 1. The van der Waals surface area contributed by atoms with Gasteiger partial charge in [-0.2, -0.15) is 0 Å². The summed E-state index contributed by atoms with van der Waals surface area (Å²) in [5, 5.41) is 2.72. The summed E-state index contributed by atoms with van der Waals surface area (Å²) in [4.78, 5) is 0. The molecule has 22 heavy (non-hydrogen) atoms. The van der Waals surface area contributed by atoms with Crippen LogP contribution in [0, 0.1) is 6.07 Å². The topological polar surface area (TPSA) is 0 Å². The lowest BCUT2D eigenvalue weighted by Gasteiger charge is -2.10. The normalized spacial score (nSPS) is 11.2. The molecule has 0 aliphatic rings. The molecule has 0 saturated heterocycles. The van der Waals surface area contributed by atoms with Gasteiger partial charge in [-0.3, -0.25) is 0 Å². The van der Waals surface area contributed by atoms with Gasteiger partial charge in [-0.1, -0.05) is 82.7 Å². The molecule has 0 unspecified atom stereocenters. The first-order chi connectivity index (χ1) is 10.8. The predicted octanol–water partition coefficient (Wildman–Crippen LogP) is 6.89. The maximum absolute atomic E-state index is 3.65. The van der Waals surface area contributed by atoms with Crippen molar-refractivity contribution in [1.82, 2.24) is 0 Å². The van der Waals surface area contributed by atoms with Crippen molar-refractivity contribution in [3.8, 4) is 0 Å². The molecular formula is C22H31. The summed E-state index contributed by atoms with van der Waals surface area (Å²) < 4.78 is 0. The molecule has 119 valence electrons. The average Bonchev–Trinajstić information content (AvgIpc) is 2.55. The van der Waals surface area contributed by atoms with Crippen LogP contribution >= 0.6 is 0 Å². The van der Waals surface area contributed by atoms with Gasteiger partial charge < -0.3 is 0 Å². The Morgan fingerprint density at radius 3 is 2.18 bits per heavy atom. The summed E-state index contributed by atoms with van der Waals surface area (Å²) in [6.45, 7) is 4.55. The quantitative estimate of drug-likeness (QED) is 0.419. The number of hydrogen-bond acceptors (Lipinski definition) is 0. The van der Waals surface area contributed by atoms with Crippen LogP contribution < -0.4 is 0 Å². The highest BCUT2D eigenvalue weighted by Gasteiger charge is 2.05. The first kappa shape index (κ1) is 17.1. The van der Waals surface area contributed by atoms with Crippen LogP contribution in [-0.4, -0.2) is 0 Å². The fourth-order valence-electron chi connectivity index (χ4n) is 3.20. The third kappa shape index (κ3) is 5.16. The second-order valence-corrected chi connectivity index (χ2v) is 6.49. The molecule has 0 amide bonds. The van der Waals surface area contributed by atoms with Crippen LogP contribution in [0.15, 0.2) is 30.3 Å². The van der Waals surface area contributed by atoms with E-state index >= 15 is 0 Å². The maximum Gasteiger partial charge on any atom is -0.00641 e. The van der Waals surface area contributed by atoms with E-state index in [-0.39, 0.29) is 0 Å². The largest absolute Gasteiger partial charge is 0.0654 e. The fourth-order valence-corrected chi connectivity index (χ4v) is 3.20. The Balaban J connectivity index is 2.09. The van der Waals surface area contributed by atoms with Crippen LogP contribution in [-0.2, 0) is 12.8 Å². The van der Waals surface area contributed by atoms with Crippen LogP contribution in [0.5, 0.6) is 0 Å². The molecule has 0 saturated carbocycles.